The fourth-order valence-electron chi connectivity index (χ4n) is 1.55. The average molecular weight is 362 g/mol. The number of benzene rings is 1. The fraction of sp³-hybridized carbons (Fsp3) is 0.167. The third-order valence-electron chi connectivity index (χ3n) is 2.29. The standard InChI is InChI=1S/C12H10BrClN2O2S/c1-7-5-16(12(15-7)19-6-11(17)18)10-4-8(13)2-3-9(10)14/h2-5H,6H2,1H3,(H,17,18). The van der Waals surface area contributed by atoms with Crippen molar-refractivity contribution in [2.75, 3.05) is 5.75 Å². The molecule has 0 bridgehead atoms. The van der Waals surface area contributed by atoms with Crippen molar-refractivity contribution in [1.29, 1.82) is 0 Å². The minimum Gasteiger partial charge on any atom is -0.481 e. The van der Waals surface area contributed by atoms with Crippen LogP contribution in [-0.4, -0.2) is 26.4 Å². The maximum Gasteiger partial charge on any atom is 0.313 e. The maximum atomic E-state index is 10.7. The molecule has 100 valence electrons. The molecule has 0 aliphatic heterocycles. The van der Waals surface area contributed by atoms with Crippen LogP contribution in [0.4, 0.5) is 0 Å². The van der Waals surface area contributed by atoms with Crippen LogP contribution in [0.2, 0.25) is 5.02 Å². The Morgan fingerprint density at radius 1 is 1.58 bits per heavy atom. The van der Waals surface area contributed by atoms with E-state index >= 15 is 0 Å². The van der Waals surface area contributed by atoms with E-state index in [2.05, 4.69) is 20.9 Å². The molecule has 0 radical (unpaired) electrons. The number of hydrogen-bond acceptors (Lipinski definition) is 3. The van der Waals surface area contributed by atoms with Crippen LogP contribution in [0.25, 0.3) is 5.69 Å². The summed E-state index contributed by atoms with van der Waals surface area (Å²) < 4.78 is 2.70. The summed E-state index contributed by atoms with van der Waals surface area (Å²) in [6.07, 6.45) is 1.83. The number of carbonyl (C=O) groups is 1. The van der Waals surface area contributed by atoms with Crippen LogP contribution >= 0.6 is 39.3 Å². The number of imidazole rings is 1. The van der Waals surface area contributed by atoms with E-state index < -0.39 is 5.97 Å². The smallest absolute Gasteiger partial charge is 0.313 e. The highest BCUT2D eigenvalue weighted by Crippen LogP contribution is 2.29. The van der Waals surface area contributed by atoms with E-state index in [-0.39, 0.29) is 5.75 Å². The van der Waals surface area contributed by atoms with E-state index in [1.165, 1.54) is 0 Å². The molecular formula is C12H10BrClN2O2S. The Bertz CT molecular complexity index is 630. The van der Waals surface area contributed by atoms with Crippen molar-refractivity contribution in [3.63, 3.8) is 0 Å². The van der Waals surface area contributed by atoms with Crippen molar-refractivity contribution in [3.05, 3.63) is 39.6 Å². The molecule has 0 unspecified atom stereocenters. The van der Waals surface area contributed by atoms with Crippen LogP contribution in [0.1, 0.15) is 5.69 Å². The van der Waals surface area contributed by atoms with E-state index in [9.17, 15) is 4.79 Å². The third kappa shape index (κ3) is 3.52. The molecule has 0 saturated heterocycles. The van der Waals surface area contributed by atoms with Gasteiger partial charge in [-0.3, -0.25) is 9.36 Å². The predicted octanol–water partition coefficient (Wildman–Crippen LogP) is 3.77. The minimum absolute atomic E-state index is 0.0396. The largest absolute Gasteiger partial charge is 0.481 e. The quantitative estimate of drug-likeness (QED) is 0.842. The third-order valence-corrected chi connectivity index (χ3v) is 4.04. The number of carboxylic acid groups (broad SMARTS) is 1. The minimum atomic E-state index is -0.877. The Morgan fingerprint density at radius 2 is 2.32 bits per heavy atom. The highest BCUT2D eigenvalue weighted by atomic mass is 79.9. The summed E-state index contributed by atoms with van der Waals surface area (Å²) >= 11 is 10.7. The number of aromatic nitrogens is 2. The van der Waals surface area contributed by atoms with Crippen LogP contribution in [0.5, 0.6) is 0 Å². The van der Waals surface area contributed by atoms with Gasteiger partial charge in [0.05, 0.1) is 22.2 Å². The van der Waals surface area contributed by atoms with Gasteiger partial charge in [0.2, 0.25) is 0 Å². The summed E-state index contributed by atoms with van der Waals surface area (Å²) in [5.41, 5.74) is 1.58. The van der Waals surface area contributed by atoms with Crippen LogP contribution in [0.3, 0.4) is 0 Å². The Morgan fingerprint density at radius 3 is 3.00 bits per heavy atom. The Balaban J connectivity index is 2.43. The monoisotopic (exact) mass is 360 g/mol. The second-order valence-electron chi connectivity index (χ2n) is 3.81. The summed E-state index contributed by atoms with van der Waals surface area (Å²) in [6.45, 7) is 1.85. The average Bonchev–Trinajstić information content (AvgIpc) is 2.71. The molecule has 4 nitrogen and oxygen atoms in total. The molecule has 0 fully saturated rings. The zero-order valence-electron chi connectivity index (χ0n) is 9.93. The number of hydrogen-bond donors (Lipinski definition) is 1. The number of rotatable bonds is 4. The molecular weight excluding hydrogens is 352 g/mol. The molecule has 0 spiro atoms. The van der Waals surface area contributed by atoms with Crippen LogP contribution in [-0.2, 0) is 4.79 Å². The lowest BCUT2D eigenvalue weighted by Crippen LogP contribution is -2.01. The molecule has 19 heavy (non-hydrogen) atoms. The molecule has 2 rings (SSSR count). The molecule has 0 atom stereocenters. The van der Waals surface area contributed by atoms with Crippen molar-refractivity contribution in [3.8, 4) is 5.69 Å². The molecule has 2 aromatic rings. The van der Waals surface area contributed by atoms with E-state index in [0.29, 0.717) is 10.2 Å². The van der Waals surface area contributed by atoms with Crippen molar-refractivity contribution in [1.82, 2.24) is 9.55 Å². The Kier molecular flexibility index (Phi) is 4.54. The summed E-state index contributed by atoms with van der Waals surface area (Å²) in [4.78, 5) is 15.0. The fourth-order valence-corrected chi connectivity index (χ4v) is 2.86. The van der Waals surface area contributed by atoms with Gasteiger partial charge in [0.25, 0.3) is 0 Å². The summed E-state index contributed by atoms with van der Waals surface area (Å²) in [6, 6.07) is 5.50. The van der Waals surface area contributed by atoms with Gasteiger partial charge in [-0.15, -0.1) is 0 Å². The zero-order valence-corrected chi connectivity index (χ0v) is 13.1. The highest BCUT2D eigenvalue weighted by molar-refractivity contribution is 9.10. The zero-order chi connectivity index (χ0) is 14.0. The Labute approximate surface area is 127 Å². The van der Waals surface area contributed by atoms with Crippen molar-refractivity contribution < 1.29 is 9.90 Å². The van der Waals surface area contributed by atoms with E-state index in [1.54, 1.807) is 10.6 Å². The first-order chi connectivity index (χ1) is 8.97. The molecule has 1 heterocycles. The number of carboxylic acids is 1. The molecule has 7 heteroatoms. The second-order valence-corrected chi connectivity index (χ2v) is 6.08. The van der Waals surface area contributed by atoms with Gasteiger partial charge in [-0.2, -0.15) is 0 Å². The molecule has 0 saturated carbocycles. The lowest BCUT2D eigenvalue weighted by molar-refractivity contribution is -0.133. The molecule has 0 aliphatic carbocycles. The van der Waals surface area contributed by atoms with Gasteiger partial charge < -0.3 is 5.11 Å². The van der Waals surface area contributed by atoms with Gasteiger partial charge in [0.15, 0.2) is 5.16 Å². The Hall–Kier alpha value is -0.980. The summed E-state index contributed by atoms with van der Waals surface area (Å²) in [7, 11) is 0. The molecule has 1 N–H and O–H groups in total. The second kappa shape index (κ2) is 5.98. The molecule has 0 amide bonds. The number of halogens is 2. The van der Waals surface area contributed by atoms with E-state index in [1.807, 2.05) is 25.3 Å². The normalized spacial score (nSPS) is 10.7. The van der Waals surface area contributed by atoms with Crippen LogP contribution in [0, 0.1) is 6.92 Å². The van der Waals surface area contributed by atoms with E-state index in [4.69, 9.17) is 16.7 Å². The van der Waals surface area contributed by atoms with Crippen molar-refractivity contribution in [2.24, 2.45) is 0 Å². The van der Waals surface area contributed by atoms with Crippen LogP contribution < -0.4 is 0 Å². The summed E-state index contributed by atoms with van der Waals surface area (Å²) in [5, 5.41) is 9.94. The number of aryl methyl sites for hydroxylation is 1. The van der Waals surface area contributed by atoms with Gasteiger partial charge in [0, 0.05) is 10.7 Å². The number of nitrogens with zero attached hydrogens (tertiary/aromatic N) is 2. The first-order valence-corrected chi connectivity index (χ1v) is 7.49. The van der Waals surface area contributed by atoms with Gasteiger partial charge in [0.1, 0.15) is 0 Å². The maximum absolute atomic E-state index is 10.7. The van der Waals surface area contributed by atoms with Gasteiger partial charge in [-0.25, -0.2) is 4.98 Å². The number of thioether (sulfide) groups is 1. The van der Waals surface area contributed by atoms with Crippen molar-refractivity contribution >= 4 is 45.3 Å². The van der Waals surface area contributed by atoms with Gasteiger partial charge >= 0.3 is 5.97 Å². The lowest BCUT2D eigenvalue weighted by atomic mass is 10.3. The predicted molar refractivity (Wildman–Crippen MR) is 79.4 cm³/mol. The molecule has 0 aliphatic rings. The van der Waals surface area contributed by atoms with Gasteiger partial charge in [-0.05, 0) is 25.1 Å². The lowest BCUT2D eigenvalue weighted by Gasteiger charge is -2.09. The highest BCUT2D eigenvalue weighted by Gasteiger charge is 2.12. The van der Waals surface area contributed by atoms with Crippen LogP contribution in [0.15, 0.2) is 34.0 Å². The first-order valence-electron chi connectivity index (χ1n) is 5.33. The first kappa shape index (κ1) is 14.4. The number of aliphatic carboxylic acids is 1. The topological polar surface area (TPSA) is 55.1 Å². The molecule has 1 aromatic carbocycles. The van der Waals surface area contributed by atoms with E-state index in [0.717, 1.165) is 27.6 Å². The summed E-state index contributed by atoms with van der Waals surface area (Å²) in [5.74, 6) is -0.917. The van der Waals surface area contributed by atoms with Crippen molar-refractivity contribution in [2.45, 2.75) is 12.1 Å². The molecule has 1 aromatic heterocycles. The van der Waals surface area contributed by atoms with Gasteiger partial charge in [-0.1, -0.05) is 39.3 Å². The SMILES string of the molecule is Cc1cn(-c2cc(Br)ccc2Cl)c(SCC(=O)O)n1.